The first-order valence-electron chi connectivity index (χ1n) is 7.10. The molecule has 0 saturated heterocycles. The first kappa shape index (κ1) is 13.6. The van der Waals surface area contributed by atoms with E-state index < -0.39 is 0 Å². The lowest BCUT2D eigenvalue weighted by atomic mass is 10.1. The zero-order valence-corrected chi connectivity index (χ0v) is 12.1. The highest BCUT2D eigenvalue weighted by atomic mass is 16.5. The fourth-order valence-electron chi connectivity index (χ4n) is 2.47. The Labute approximate surface area is 124 Å². The van der Waals surface area contributed by atoms with Crippen molar-refractivity contribution in [2.24, 2.45) is 12.8 Å². The van der Waals surface area contributed by atoms with Crippen molar-refractivity contribution < 1.29 is 4.74 Å². The van der Waals surface area contributed by atoms with Crippen molar-refractivity contribution in [3.63, 3.8) is 0 Å². The molecular formula is C17H19N3O. The number of hydrogen-bond acceptors (Lipinski definition) is 3. The lowest BCUT2D eigenvalue weighted by Gasteiger charge is -2.05. The van der Waals surface area contributed by atoms with Gasteiger partial charge in [-0.3, -0.25) is 4.68 Å². The third-order valence-electron chi connectivity index (χ3n) is 3.57. The number of aromatic nitrogens is 2. The van der Waals surface area contributed by atoms with E-state index in [1.165, 1.54) is 5.56 Å². The molecule has 3 rings (SSSR count). The summed E-state index contributed by atoms with van der Waals surface area (Å²) in [4.78, 5) is 0. The second-order valence-corrected chi connectivity index (χ2v) is 5.06. The molecule has 0 fully saturated rings. The van der Waals surface area contributed by atoms with Crippen LogP contribution in [-0.2, 0) is 20.1 Å². The molecule has 0 radical (unpaired) electrons. The Morgan fingerprint density at radius 3 is 2.62 bits per heavy atom. The van der Waals surface area contributed by atoms with E-state index >= 15 is 0 Å². The van der Waals surface area contributed by atoms with Crippen molar-refractivity contribution in [1.29, 1.82) is 0 Å². The number of aryl methyl sites for hydroxylation is 1. The van der Waals surface area contributed by atoms with Crippen LogP contribution in [0.25, 0.3) is 10.9 Å². The molecule has 0 spiro atoms. The van der Waals surface area contributed by atoms with E-state index in [9.17, 15) is 0 Å². The average molecular weight is 281 g/mol. The van der Waals surface area contributed by atoms with E-state index in [0.717, 1.165) is 28.8 Å². The minimum Gasteiger partial charge on any atom is -0.487 e. The van der Waals surface area contributed by atoms with Crippen LogP contribution in [0.3, 0.4) is 0 Å². The van der Waals surface area contributed by atoms with E-state index in [0.29, 0.717) is 13.2 Å². The zero-order valence-electron chi connectivity index (χ0n) is 12.1. The molecule has 1 aromatic heterocycles. The summed E-state index contributed by atoms with van der Waals surface area (Å²) in [6, 6.07) is 16.3. The second kappa shape index (κ2) is 5.97. The summed E-state index contributed by atoms with van der Waals surface area (Å²) in [5.74, 6) is 0.852. The third kappa shape index (κ3) is 2.90. The molecule has 0 unspecified atom stereocenters. The summed E-state index contributed by atoms with van der Waals surface area (Å²) >= 11 is 0. The van der Waals surface area contributed by atoms with Crippen LogP contribution in [-0.4, -0.2) is 16.3 Å². The number of fused-ring (bicyclic) bond motifs is 1. The Morgan fingerprint density at radius 2 is 1.86 bits per heavy atom. The fourth-order valence-corrected chi connectivity index (χ4v) is 2.47. The van der Waals surface area contributed by atoms with Gasteiger partial charge in [-0.15, -0.1) is 0 Å². The number of rotatable bonds is 5. The van der Waals surface area contributed by atoms with Gasteiger partial charge in [-0.2, -0.15) is 5.10 Å². The second-order valence-electron chi connectivity index (χ2n) is 5.06. The molecule has 4 nitrogen and oxygen atoms in total. The molecule has 0 aliphatic carbocycles. The highest BCUT2D eigenvalue weighted by molar-refractivity contribution is 5.81. The smallest absolute Gasteiger partial charge is 0.133 e. The number of nitrogens with two attached hydrogens (primary N) is 1. The molecule has 2 aromatic carbocycles. The van der Waals surface area contributed by atoms with Gasteiger partial charge in [0.2, 0.25) is 0 Å². The molecule has 2 N–H and O–H groups in total. The molecule has 1 heterocycles. The highest BCUT2D eigenvalue weighted by Gasteiger charge is 2.08. The molecule has 0 aliphatic heterocycles. The number of ether oxygens (including phenoxy) is 1. The van der Waals surface area contributed by atoms with Crippen molar-refractivity contribution in [3.05, 3.63) is 59.8 Å². The van der Waals surface area contributed by atoms with Gasteiger partial charge in [0.1, 0.15) is 18.1 Å². The molecule has 0 aliphatic rings. The molecule has 0 amide bonds. The summed E-state index contributed by atoms with van der Waals surface area (Å²) in [5.41, 5.74) is 8.85. The van der Waals surface area contributed by atoms with Crippen LogP contribution in [0, 0.1) is 0 Å². The number of hydrogen-bond donors (Lipinski definition) is 1. The minimum atomic E-state index is 0.470. The van der Waals surface area contributed by atoms with E-state index in [4.69, 9.17) is 10.5 Å². The molecule has 4 heteroatoms. The van der Waals surface area contributed by atoms with Gasteiger partial charge in [-0.05, 0) is 36.7 Å². The Kier molecular flexibility index (Phi) is 3.88. The van der Waals surface area contributed by atoms with Gasteiger partial charge in [0.15, 0.2) is 0 Å². The van der Waals surface area contributed by atoms with E-state index in [1.54, 1.807) is 0 Å². The summed E-state index contributed by atoms with van der Waals surface area (Å²) in [5, 5.41) is 5.67. The van der Waals surface area contributed by atoms with Crippen molar-refractivity contribution in [1.82, 2.24) is 9.78 Å². The molecule has 0 saturated carbocycles. The van der Waals surface area contributed by atoms with E-state index in [1.807, 2.05) is 36.0 Å². The predicted octanol–water partition coefficient (Wildman–Crippen LogP) is 2.65. The molecule has 3 aromatic rings. The zero-order chi connectivity index (χ0) is 14.7. The number of benzene rings is 2. The summed E-state index contributed by atoms with van der Waals surface area (Å²) in [7, 11) is 1.95. The maximum Gasteiger partial charge on any atom is 0.133 e. The lowest BCUT2D eigenvalue weighted by molar-refractivity contribution is 0.301. The first-order chi connectivity index (χ1) is 10.3. The van der Waals surface area contributed by atoms with E-state index in [-0.39, 0.29) is 0 Å². The minimum absolute atomic E-state index is 0.470. The van der Waals surface area contributed by atoms with Gasteiger partial charge in [-0.1, -0.05) is 30.3 Å². The first-order valence-corrected chi connectivity index (χ1v) is 7.10. The molecule has 21 heavy (non-hydrogen) atoms. The molecule has 0 atom stereocenters. The van der Waals surface area contributed by atoms with Crippen LogP contribution in [0.2, 0.25) is 0 Å². The largest absolute Gasteiger partial charge is 0.487 e. The monoisotopic (exact) mass is 281 g/mol. The summed E-state index contributed by atoms with van der Waals surface area (Å²) < 4.78 is 7.73. The topological polar surface area (TPSA) is 53.1 Å². The van der Waals surface area contributed by atoms with Crippen molar-refractivity contribution in [3.8, 4) is 5.75 Å². The van der Waals surface area contributed by atoms with Gasteiger partial charge in [-0.25, -0.2) is 0 Å². The van der Waals surface area contributed by atoms with Gasteiger partial charge in [0, 0.05) is 12.4 Å². The molecular weight excluding hydrogens is 262 g/mol. The molecule has 108 valence electrons. The van der Waals surface area contributed by atoms with Crippen LogP contribution in [0.15, 0.2) is 48.5 Å². The van der Waals surface area contributed by atoms with Crippen LogP contribution in [0.5, 0.6) is 5.75 Å². The van der Waals surface area contributed by atoms with Crippen molar-refractivity contribution >= 4 is 10.9 Å². The third-order valence-corrected chi connectivity index (χ3v) is 3.57. The summed E-state index contributed by atoms with van der Waals surface area (Å²) in [6.45, 7) is 1.14. The van der Waals surface area contributed by atoms with Crippen LogP contribution in [0.1, 0.15) is 11.3 Å². The van der Waals surface area contributed by atoms with Gasteiger partial charge in [0.25, 0.3) is 0 Å². The van der Waals surface area contributed by atoms with Crippen LogP contribution in [0.4, 0.5) is 0 Å². The van der Waals surface area contributed by atoms with Gasteiger partial charge in [0.05, 0.1) is 5.52 Å². The van der Waals surface area contributed by atoms with Gasteiger partial charge >= 0.3 is 0 Å². The number of para-hydroxylation sites is 1. The van der Waals surface area contributed by atoms with Crippen molar-refractivity contribution in [2.45, 2.75) is 13.0 Å². The maximum absolute atomic E-state index is 5.84. The van der Waals surface area contributed by atoms with Gasteiger partial charge < -0.3 is 10.5 Å². The standard InChI is InChI=1S/C17H19N3O/c1-20-17-5-3-2-4-15(17)16(19-20)12-21-14-8-6-13(7-9-14)10-11-18/h2-9H,10-12,18H2,1H3. The average Bonchev–Trinajstić information content (AvgIpc) is 2.84. The number of nitrogens with zero attached hydrogens (tertiary/aromatic N) is 2. The summed E-state index contributed by atoms with van der Waals surface area (Å²) in [6.07, 6.45) is 0.894. The fraction of sp³-hybridized carbons (Fsp3) is 0.235. The Hall–Kier alpha value is -2.33. The van der Waals surface area contributed by atoms with Crippen LogP contribution < -0.4 is 10.5 Å². The predicted molar refractivity (Wildman–Crippen MR) is 84.2 cm³/mol. The normalized spacial score (nSPS) is 11.0. The van der Waals surface area contributed by atoms with Crippen LogP contribution >= 0.6 is 0 Å². The highest BCUT2D eigenvalue weighted by Crippen LogP contribution is 2.20. The molecule has 0 bridgehead atoms. The maximum atomic E-state index is 5.84. The SMILES string of the molecule is Cn1nc(COc2ccc(CCN)cc2)c2ccccc21. The Bertz CT molecular complexity index is 731. The quantitative estimate of drug-likeness (QED) is 0.782. The Balaban J connectivity index is 1.74. The Morgan fingerprint density at radius 1 is 1.10 bits per heavy atom. The van der Waals surface area contributed by atoms with E-state index in [2.05, 4.69) is 29.4 Å². The lowest BCUT2D eigenvalue weighted by Crippen LogP contribution is -2.02. The van der Waals surface area contributed by atoms with Crippen molar-refractivity contribution in [2.75, 3.05) is 6.54 Å².